The van der Waals surface area contributed by atoms with Gasteiger partial charge < -0.3 is 52.1 Å². The molecule has 6 aromatic rings. The zero-order valence-corrected chi connectivity index (χ0v) is 56.0. The van der Waals surface area contributed by atoms with Crippen LogP contribution < -0.4 is 37.2 Å². The molecule has 6 heterocycles. The topological polar surface area (TPSA) is 292 Å². The minimum absolute atomic E-state index is 0.173. The monoisotopic (exact) mass is 1310 g/mol. The van der Waals surface area contributed by atoms with Crippen LogP contribution in [0.1, 0.15) is 161 Å². The Bertz CT molecular complexity index is 3470. The number of nitrogens with one attached hydrogen (secondary N) is 7. The Morgan fingerprint density at radius 3 is 1.47 bits per heavy atom. The molecule has 23 heteroatoms. The molecule has 0 spiro atoms. The summed E-state index contributed by atoms with van der Waals surface area (Å²) < 4.78 is 3.64. The van der Waals surface area contributed by atoms with Crippen LogP contribution in [0.5, 0.6) is 0 Å². The molecule has 4 aliphatic rings. The van der Waals surface area contributed by atoms with Gasteiger partial charge in [0.2, 0.25) is 41.4 Å². The Morgan fingerprint density at radius 1 is 0.531 bits per heavy atom. The fraction of sp³-hybridized carbons (Fsp3) is 0.521. The van der Waals surface area contributed by atoms with Gasteiger partial charge in [-0.3, -0.25) is 42.9 Å². The van der Waals surface area contributed by atoms with Crippen LogP contribution in [0, 0.1) is 11.8 Å². The van der Waals surface area contributed by atoms with Crippen molar-refractivity contribution in [1.29, 1.82) is 0 Å². The lowest BCUT2D eigenvalue weighted by atomic mass is 9.92. The summed E-state index contributed by atoms with van der Waals surface area (Å²) in [7, 11) is 3.41. The summed E-state index contributed by atoms with van der Waals surface area (Å²) in [5.41, 5.74) is 6.51. The number of nitrogens with zero attached hydrogens (tertiary/aromatic N) is 8. The van der Waals surface area contributed by atoms with Crippen LogP contribution in [-0.4, -0.2) is 162 Å². The van der Waals surface area contributed by atoms with E-state index in [-0.39, 0.29) is 73.0 Å². The minimum Gasteiger partial charge on any atom is -0.396 e. The van der Waals surface area contributed by atoms with Gasteiger partial charge in [-0.15, -0.1) is 10.2 Å². The number of fused-ring (bicyclic) bond motifs is 2. The minimum atomic E-state index is -0.940. The van der Waals surface area contributed by atoms with Crippen LogP contribution in [0.3, 0.4) is 0 Å². The molecule has 2 aromatic heterocycles. The van der Waals surface area contributed by atoms with E-state index in [1.807, 2.05) is 127 Å². The molecule has 8 N–H and O–H groups in total. The highest BCUT2D eigenvalue weighted by Gasteiger charge is 2.50. The molecule has 96 heavy (non-hydrogen) atoms. The van der Waals surface area contributed by atoms with Gasteiger partial charge in [-0.2, -0.15) is 0 Å². The first-order chi connectivity index (χ1) is 46.8. The molecule has 0 radical (unpaired) electrons. The SMILES string of the molecule is CC[C@H](NC)C(=O)N[C@@H]1C(=O)N2[C@@H](CC[C@@H]1CNC(=O)CCc1cn(CCCCc3ccc(CCCCn4cc([C@@H](NC(=O)[C@@H]5CC[C@@H]6CC[C@H](CO)[C@H](NC(=O)[C@H](CC)NC)C(=O)N65)c5ccccc5)nn4)cc3)nn1)CC[C@H]2C(=O)NC(c1ccccc1)c1ccccc1. The lowest BCUT2D eigenvalue weighted by Gasteiger charge is -2.33. The number of carbonyl (C=O) groups is 7. The summed E-state index contributed by atoms with van der Waals surface area (Å²) in [6.07, 6.45) is 15.6. The molecular weight excluding hydrogens is 1210 g/mol. The van der Waals surface area contributed by atoms with Crippen molar-refractivity contribution in [3.05, 3.63) is 167 Å². The van der Waals surface area contributed by atoms with E-state index in [1.54, 1.807) is 23.9 Å². The molecule has 4 aromatic carbocycles. The normalized spacial score (nSPS) is 21.9. The average molecular weight is 1310 g/mol. The second-order valence-electron chi connectivity index (χ2n) is 26.3. The van der Waals surface area contributed by atoms with Crippen molar-refractivity contribution in [2.24, 2.45) is 11.8 Å². The first kappa shape index (κ1) is 70.1. The molecule has 11 atom stereocenters. The Balaban J connectivity index is 0.648. The molecule has 0 unspecified atom stereocenters. The van der Waals surface area contributed by atoms with Gasteiger partial charge in [0.1, 0.15) is 29.9 Å². The number of aromatic nitrogens is 6. The number of benzene rings is 4. The van der Waals surface area contributed by atoms with E-state index >= 15 is 0 Å². The van der Waals surface area contributed by atoms with E-state index in [0.29, 0.717) is 95.1 Å². The molecule has 4 fully saturated rings. The van der Waals surface area contributed by atoms with E-state index in [4.69, 9.17) is 0 Å². The van der Waals surface area contributed by atoms with E-state index in [0.717, 1.165) is 55.2 Å². The maximum atomic E-state index is 14.8. The molecule has 4 saturated heterocycles. The molecule has 512 valence electrons. The third kappa shape index (κ3) is 17.7. The van der Waals surface area contributed by atoms with Crippen LogP contribution in [0.4, 0.5) is 0 Å². The fourth-order valence-corrected chi connectivity index (χ4v) is 14.6. The van der Waals surface area contributed by atoms with Crippen molar-refractivity contribution in [3.63, 3.8) is 0 Å². The third-order valence-electron chi connectivity index (χ3n) is 20.1. The Kier molecular flexibility index (Phi) is 25.1. The van der Waals surface area contributed by atoms with Gasteiger partial charge >= 0.3 is 0 Å². The van der Waals surface area contributed by atoms with Crippen molar-refractivity contribution in [2.75, 3.05) is 27.2 Å². The molecule has 4 aliphatic heterocycles. The van der Waals surface area contributed by atoms with E-state index in [2.05, 4.69) is 82.1 Å². The number of aryl methyl sites for hydroxylation is 5. The van der Waals surface area contributed by atoms with E-state index < -0.39 is 60.2 Å². The maximum absolute atomic E-state index is 14.8. The Hall–Kier alpha value is -8.67. The second kappa shape index (κ2) is 34.3. The highest BCUT2D eigenvalue weighted by Crippen LogP contribution is 2.37. The fourth-order valence-electron chi connectivity index (χ4n) is 14.6. The van der Waals surface area contributed by atoms with Crippen molar-refractivity contribution in [3.8, 4) is 0 Å². The summed E-state index contributed by atoms with van der Waals surface area (Å²) in [6.45, 7) is 5.06. The first-order valence-corrected chi connectivity index (χ1v) is 34.9. The summed E-state index contributed by atoms with van der Waals surface area (Å²) >= 11 is 0. The number of likely N-dealkylation sites (N-methyl/N-ethyl adjacent to an activating group) is 2. The number of amides is 7. The van der Waals surface area contributed by atoms with Crippen LogP contribution in [0.25, 0.3) is 0 Å². The van der Waals surface area contributed by atoms with Gasteiger partial charge in [-0.25, -0.2) is 0 Å². The number of hydrogen-bond acceptors (Lipinski definition) is 14. The lowest BCUT2D eigenvalue weighted by molar-refractivity contribution is -0.144. The van der Waals surface area contributed by atoms with E-state index in [1.165, 1.54) is 11.1 Å². The molecule has 0 aliphatic carbocycles. The smallest absolute Gasteiger partial charge is 0.246 e. The van der Waals surface area contributed by atoms with Crippen molar-refractivity contribution < 1.29 is 38.7 Å². The highest BCUT2D eigenvalue weighted by molar-refractivity contribution is 5.95. The largest absolute Gasteiger partial charge is 0.396 e. The number of aliphatic hydroxyl groups is 1. The second-order valence-corrected chi connectivity index (χ2v) is 26.3. The Morgan fingerprint density at radius 2 is 0.979 bits per heavy atom. The molecule has 23 nitrogen and oxygen atoms in total. The van der Waals surface area contributed by atoms with Gasteiger partial charge in [0, 0.05) is 69.2 Å². The van der Waals surface area contributed by atoms with Gasteiger partial charge in [0.25, 0.3) is 0 Å². The molecule has 0 bridgehead atoms. The molecule has 0 saturated carbocycles. The molecule has 7 amide bonds. The molecule has 10 rings (SSSR count). The number of hydrogen-bond donors (Lipinski definition) is 8. The van der Waals surface area contributed by atoms with Gasteiger partial charge in [0.15, 0.2) is 0 Å². The quantitative estimate of drug-likeness (QED) is 0.0240. The predicted molar refractivity (Wildman–Crippen MR) is 363 cm³/mol. The number of aliphatic hydroxyl groups excluding tert-OH is 1. The summed E-state index contributed by atoms with van der Waals surface area (Å²) in [4.78, 5) is 102. The third-order valence-corrected chi connectivity index (χ3v) is 20.1. The maximum Gasteiger partial charge on any atom is 0.246 e. The summed E-state index contributed by atoms with van der Waals surface area (Å²) in [6, 6.07) is 32.2. The van der Waals surface area contributed by atoms with Crippen LogP contribution in [0.2, 0.25) is 0 Å². The summed E-state index contributed by atoms with van der Waals surface area (Å²) in [5, 5.41) is 49.6. The van der Waals surface area contributed by atoms with Gasteiger partial charge in [-0.05, 0) is 145 Å². The van der Waals surface area contributed by atoms with Crippen molar-refractivity contribution >= 4 is 41.4 Å². The van der Waals surface area contributed by atoms with Gasteiger partial charge in [0.05, 0.1) is 36.1 Å². The van der Waals surface area contributed by atoms with E-state index in [9.17, 15) is 38.7 Å². The summed E-state index contributed by atoms with van der Waals surface area (Å²) in [5.74, 6) is -2.82. The Labute approximate surface area is 563 Å². The predicted octanol–water partition coefficient (Wildman–Crippen LogP) is 5.57. The zero-order chi connectivity index (χ0) is 67.5. The highest BCUT2D eigenvalue weighted by atomic mass is 16.3. The number of unbranched alkanes of at least 4 members (excludes halogenated alkanes) is 2. The lowest BCUT2D eigenvalue weighted by Crippen LogP contribution is -2.59. The van der Waals surface area contributed by atoms with Crippen LogP contribution in [0.15, 0.2) is 128 Å². The van der Waals surface area contributed by atoms with Crippen molar-refractivity contribution in [1.82, 2.24) is 77.0 Å². The zero-order valence-electron chi connectivity index (χ0n) is 56.0. The van der Waals surface area contributed by atoms with Gasteiger partial charge in [-0.1, -0.05) is 140 Å². The number of carbonyl (C=O) groups excluding carboxylic acids is 7. The first-order valence-electron chi connectivity index (χ1n) is 34.9. The van der Waals surface area contributed by atoms with Crippen LogP contribution in [-0.2, 0) is 65.9 Å². The standard InChI is InChI=1S/C73H97N15O8/c1-5-58(74-3)68(91)79-66-53(32-35-56-37-39-61(87(56)72(66)95)70(93)77-64(50-22-10-7-11-23-50)51-24-12-8-13-25-51)44-76-63(90)41-34-55-45-85(83-81-55)42-18-16-20-48-28-30-49(31-29-48)21-17-19-43-86-46-60(82-84-86)65(52-26-14-9-15-27-52)78-71(94)62-40-38-57-36-33-54(47-89)67(73(96)88(57)62)80-69(92)59(6-2)75-4/h7-15,22-31,45-46,53-54,56-59,61-62,64-67,74-75,89H,5-6,16-21,32-44,47H2,1-4H3,(H,76,90)(H,77,93)(H,78,94)(H,79,91)(H,80,92)/t53-,54-,56+,57+,58+,59+,61+,62+,65+,66+,67+/m1/s1. The average Bonchev–Trinajstić information content (AvgIpc) is 1.62. The van der Waals surface area contributed by atoms with Crippen molar-refractivity contribution in [2.45, 2.75) is 203 Å². The van der Waals surface area contributed by atoms with Crippen LogP contribution >= 0.6 is 0 Å². The number of rotatable bonds is 32. The molecular formula is C73H97N15O8.